The minimum atomic E-state index is -0.201. The highest BCUT2D eigenvalue weighted by molar-refractivity contribution is 9.10. The van der Waals surface area contributed by atoms with Gasteiger partial charge < -0.3 is 5.32 Å². The summed E-state index contributed by atoms with van der Waals surface area (Å²) in [5, 5.41) is 6.81. The van der Waals surface area contributed by atoms with Crippen LogP contribution < -0.4 is 5.32 Å². The summed E-state index contributed by atoms with van der Waals surface area (Å²) in [6.45, 7) is 0.434. The first-order chi connectivity index (χ1) is 8.16. The summed E-state index contributed by atoms with van der Waals surface area (Å²) >= 11 is 3.23. The highest BCUT2D eigenvalue weighted by Crippen LogP contribution is 2.06. The number of aryl methyl sites for hydroxylation is 1. The van der Waals surface area contributed by atoms with E-state index in [2.05, 4.69) is 31.3 Å². The van der Waals surface area contributed by atoms with Crippen LogP contribution in [0.1, 0.15) is 16.2 Å². The zero-order chi connectivity index (χ0) is 12.3. The highest BCUT2D eigenvalue weighted by Gasteiger charge is 2.07. The molecule has 0 aromatic carbocycles. The van der Waals surface area contributed by atoms with Crippen molar-refractivity contribution in [1.29, 1.82) is 0 Å². The molecule has 0 radical (unpaired) electrons. The van der Waals surface area contributed by atoms with Gasteiger partial charge in [0.05, 0.1) is 12.2 Å². The Labute approximate surface area is 107 Å². The second-order valence-corrected chi connectivity index (χ2v) is 4.29. The summed E-state index contributed by atoms with van der Waals surface area (Å²) in [5.74, 6) is -0.201. The molecule has 1 N–H and O–H groups in total. The SMILES string of the molecule is Cn1nccc1CNC(=O)c1cccc(Br)n1. The summed E-state index contributed by atoms with van der Waals surface area (Å²) in [4.78, 5) is 15.9. The van der Waals surface area contributed by atoms with E-state index >= 15 is 0 Å². The molecular weight excluding hydrogens is 284 g/mol. The Morgan fingerprint density at radius 2 is 2.29 bits per heavy atom. The number of nitrogens with one attached hydrogen (secondary N) is 1. The van der Waals surface area contributed by atoms with Gasteiger partial charge in [-0.15, -0.1) is 0 Å². The first-order valence-electron chi connectivity index (χ1n) is 5.04. The molecule has 0 bridgehead atoms. The highest BCUT2D eigenvalue weighted by atomic mass is 79.9. The third kappa shape index (κ3) is 2.91. The lowest BCUT2D eigenvalue weighted by molar-refractivity contribution is 0.0945. The molecule has 0 spiro atoms. The number of rotatable bonds is 3. The third-order valence-corrected chi connectivity index (χ3v) is 2.74. The summed E-state index contributed by atoms with van der Waals surface area (Å²) < 4.78 is 2.36. The van der Waals surface area contributed by atoms with E-state index in [1.165, 1.54) is 0 Å². The van der Waals surface area contributed by atoms with Gasteiger partial charge in [0.25, 0.3) is 5.91 Å². The molecule has 2 aromatic heterocycles. The van der Waals surface area contributed by atoms with Crippen molar-refractivity contribution in [3.63, 3.8) is 0 Å². The van der Waals surface area contributed by atoms with Crippen LogP contribution in [0.5, 0.6) is 0 Å². The van der Waals surface area contributed by atoms with E-state index < -0.39 is 0 Å². The number of carbonyl (C=O) groups excluding carboxylic acids is 1. The number of pyridine rings is 1. The standard InChI is InChI=1S/C11H11BrN4O/c1-16-8(5-6-14-16)7-13-11(17)9-3-2-4-10(12)15-9/h2-6H,7H2,1H3,(H,13,17). The van der Waals surface area contributed by atoms with Crippen molar-refractivity contribution >= 4 is 21.8 Å². The van der Waals surface area contributed by atoms with Crippen LogP contribution in [0.15, 0.2) is 35.1 Å². The maximum Gasteiger partial charge on any atom is 0.270 e. The Kier molecular flexibility index (Phi) is 3.53. The summed E-state index contributed by atoms with van der Waals surface area (Å²) in [6.07, 6.45) is 1.69. The number of aromatic nitrogens is 3. The van der Waals surface area contributed by atoms with Gasteiger partial charge in [0, 0.05) is 13.2 Å². The summed E-state index contributed by atoms with van der Waals surface area (Å²) in [6, 6.07) is 7.08. The Balaban J connectivity index is 2.01. The smallest absolute Gasteiger partial charge is 0.270 e. The zero-order valence-corrected chi connectivity index (χ0v) is 10.8. The van der Waals surface area contributed by atoms with Gasteiger partial charge >= 0.3 is 0 Å². The van der Waals surface area contributed by atoms with Crippen LogP contribution in [0.2, 0.25) is 0 Å². The van der Waals surface area contributed by atoms with Crippen LogP contribution in [0.25, 0.3) is 0 Å². The molecule has 2 aromatic rings. The first-order valence-corrected chi connectivity index (χ1v) is 5.84. The molecule has 17 heavy (non-hydrogen) atoms. The van der Waals surface area contributed by atoms with Crippen LogP contribution >= 0.6 is 15.9 Å². The van der Waals surface area contributed by atoms with Crippen molar-refractivity contribution in [1.82, 2.24) is 20.1 Å². The third-order valence-electron chi connectivity index (χ3n) is 2.30. The molecule has 0 fully saturated rings. The maximum absolute atomic E-state index is 11.8. The molecule has 2 heterocycles. The lowest BCUT2D eigenvalue weighted by Crippen LogP contribution is -2.24. The van der Waals surface area contributed by atoms with Crippen molar-refractivity contribution in [3.05, 3.63) is 46.5 Å². The lowest BCUT2D eigenvalue weighted by atomic mass is 10.3. The molecule has 0 saturated carbocycles. The van der Waals surface area contributed by atoms with E-state index in [1.54, 1.807) is 29.1 Å². The van der Waals surface area contributed by atoms with Gasteiger partial charge in [-0.1, -0.05) is 6.07 Å². The Bertz CT molecular complexity index is 538. The van der Waals surface area contributed by atoms with Gasteiger partial charge in [0.1, 0.15) is 10.3 Å². The van der Waals surface area contributed by atoms with Gasteiger partial charge in [-0.3, -0.25) is 9.48 Å². The van der Waals surface area contributed by atoms with Gasteiger partial charge in [-0.25, -0.2) is 4.98 Å². The van der Waals surface area contributed by atoms with E-state index in [-0.39, 0.29) is 5.91 Å². The first kappa shape index (κ1) is 11.8. The fourth-order valence-electron chi connectivity index (χ4n) is 1.37. The predicted octanol–water partition coefficient (Wildman–Crippen LogP) is 1.51. The lowest BCUT2D eigenvalue weighted by Gasteiger charge is -2.05. The van der Waals surface area contributed by atoms with Gasteiger partial charge in [-0.05, 0) is 34.1 Å². The fraction of sp³-hybridized carbons (Fsp3) is 0.182. The average molecular weight is 295 g/mol. The normalized spacial score (nSPS) is 10.2. The maximum atomic E-state index is 11.8. The van der Waals surface area contributed by atoms with Crippen LogP contribution in [0.3, 0.4) is 0 Å². The molecule has 0 saturated heterocycles. The predicted molar refractivity (Wildman–Crippen MR) is 66.3 cm³/mol. The Hall–Kier alpha value is -1.69. The largest absolute Gasteiger partial charge is 0.345 e. The number of carbonyl (C=O) groups is 1. The van der Waals surface area contributed by atoms with Crippen molar-refractivity contribution in [2.75, 3.05) is 0 Å². The molecular formula is C11H11BrN4O. The van der Waals surface area contributed by atoms with Crippen molar-refractivity contribution < 1.29 is 4.79 Å². The number of amides is 1. The van der Waals surface area contributed by atoms with Crippen LogP contribution in [0.4, 0.5) is 0 Å². The average Bonchev–Trinajstić information content (AvgIpc) is 2.72. The number of hydrogen-bond acceptors (Lipinski definition) is 3. The molecule has 0 unspecified atom stereocenters. The van der Waals surface area contributed by atoms with Crippen molar-refractivity contribution in [2.45, 2.75) is 6.54 Å². The molecule has 6 heteroatoms. The van der Waals surface area contributed by atoms with Gasteiger partial charge in [0.2, 0.25) is 0 Å². The van der Waals surface area contributed by atoms with Crippen LogP contribution in [0, 0.1) is 0 Å². The molecule has 1 amide bonds. The molecule has 5 nitrogen and oxygen atoms in total. The minimum absolute atomic E-state index is 0.201. The second-order valence-electron chi connectivity index (χ2n) is 3.47. The number of hydrogen-bond donors (Lipinski definition) is 1. The van der Waals surface area contributed by atoms with E-state index in [4.69, 9.17) is 0 Å². The number of nitrogens with zero attached hydrogens (tertiary/aromatic N) is 3. The zero-order valence-electron chi connectivity index (χ0n) is 9.22. The van der Waals surface area contributed by atoms with E-state index in [9.17, 15) is 4.79 Å². The summed E-state index contributed by atoms with van der Waals surface area (Å²) in [7, 11) is 1.83. The Morgan fingerprint density at radius 3 is 2.94 bits per heavy atom. The van der Waals surface area contributed by atoms with Crippen molar-refractivity contribution in [3.8, 4) is 0 Å². The monoisotopic (exact) mass is 294 g/mol. The quantitative estimate of drug-likeness (QED) is 0.873. The molecule has 0 aliphatic rings. The van der Waals surface area contributed by atoms with Crippen LogP contribution in [-0.2, 0) is 13.6 Å². The fourth-order valence-corrected chi connectivity index (χ4v) is 1.71. The molecule has 0 atom stereocenters. The minimum Gasteiger partial charge on any atom is -0.345 e. The van der Waals surface area contributed by atoms with E-state index in [1.807, 2.05) is 13.1 Å². The number of halogens is 1. The Morgan fingerprint density at radius 1 is 1.47 bits per heavy atom. The molecule has 0 aliphatic heterocycles. The molecule has 88 valence electrons. The van der Waals surface area contributed by atoms with Crippen molar-refractivity contribution in [2.24, 2.45) is 7.05 Å². The van der Waals surface area contributed by atoms with Gasteiger partial charge in [-0.2, -0.15) is 5.10 Å². The topological polar surface area (TPSA) is 59.8 Å². The summed E-state index contributed by atoms with van der Waals surface area (Å²) in [5.41, 5.74) is 1.33. The van der Waals surface area contributed by atoms with E-state index in [0.717, 1.165) is 5.69 Å². The molecule has 2 rings (SSSR count). The van der Waals surface area contributed by atoms with Crippen LogP contribution in [-0.4, -0.2) is 20.7 Å². The van der Waals surface area contributed by atoms with Gasteiger partial charge in [0.15, 0.2) is 0 Å². The molecule has 0 aliphatic carbocycles. The van der Waals surface area contributed by atoms with E-state index in [0.29, 0.717) is 16.8 Å². The second kappa shape index (κ2) is 5.09.